The van der Waals surface area contributed by atoms with Crippen LogP contribution in [0.5, 0.6) is 5.88 Å². The van der Waals surface area contributed by atoms with Crippen molar-refractivity contribution < 1.29 is 4.74 Å². The summed E-state index contributed by atoms with van der Waals surface area (Å²) in [7, 11) is 0. The highest BCUT2D eigenvalue weighted by molar-refractivity contribution is 5.30. The molecule has 4 nitrogen and oxygen atoms in total. The molecule has 0 aliphatic rings. The van der Waals surface area contributed by atoms with E-state index >= 15 is 0 Å². The van der Waals surface area contributed by atoms with Crippen LogP contribution in [0.15, 0.2) is 18.7 Å². The predicted octanol–water partition coefficient (Wildman–Crippen LogP) is 2.56. The fraction of sp³-hybridized carbons (Fsp3) is 0.500. The number of aryl methyl sites for hydroxylation is 1. The number of nitrogens with zero attached hydrogens (tertiary/aromatic N) is 2. The SMILES string of the molecule is C=CCCCOc1cc(C)nc(NCC)n1. The Labute approximate surface area is 96.8 Å². The van der Waals surface area contributed by atoms with Crippen molar-refractivity contribution in [1.82, 2.24) is 9.97 Å². The highest BCUT2D eigenvalue weighted by Crippen LogP contribution is 2.12. The van der Waals surface area contributed by atoms with Crippen molar-refractivity contribution in [3.05, 3.63) is 24.4 Å². The second-order valence-corrected chi connectivity index (χ2v) is 3.48. The van der Waals surface area contributed by atoms with Crippen LogP contribution in [0.25, 0.3) is 0 Å². The van der Waals surface area contributed by atoms with Gasteiger partial charge < -0.3 is 10.1 Å². The lowest BCUT2D eigenvalue weighted by atomic mass is 10.3. The van der Waals surface area contributed by atoms with Gasteiger partial charge in [-0.05, 0) is 26.7 Å². The molecule has 0 aromatic carbocycles. The van der Waals surface area contributed by atoms with Gasteiger partial charge in [0.25, 0.3) is 0 Å². The molecule has 0 fully saturated rings. The van der Waals surface area contributed by atoms with Crippen LogP contribution in [0.3, 0.4) is 0 Å². The molecule has 0 unspecified atom stereocenters. The summed E-state index contributed by atoms with van der Waals surface area (Å²) >= 11 is 0. The highest BCUT2D eigenvalue weighted by Gasteiger charge is 2.01. The van der Waals surface area contributed by atoms with E-state index in [1.165, 1.54) is 0 Å². The Bertz CT molecular complexity index is 339. The summed E-state index contributed by atoms with van der Waals surface area (Å²) in [5.41, 5.74) is 0.907. The first-order valence-electron chi connectivity index (χ1n) is 5.59. The van der Waals surface area contributed by atoms with Crippen LogP contribution in [0.1, 0.15) is 25.5 Å². The minimum Gasteiger partial charge on any atom is -0.478 e. The molecule has 1 N–H and O–H groups in total. The topological polar surface area (TPSA) is 47.0 Å². The maximum atomic E-state index is 5.54. The average Bonchev–Trinajstić information content (AvgIpc) is 2.24. The predicted molar refractivity (Wildman–Crippen MR) is 65.9 cm³/mol. The molecule has 1 aromatic heterocycles. The summed E-state index contributed by atoms with van der Waals surface area (Å²) in [5, 5.41) is 3.07. The highest BCUT2D eigenvalue weighted by atomic mass is 16.5. The van der Waals surface area contributed by atoms with Crippen LogP contribution in [-0.2, 0) is 0 Å². The number of hydrogen-bond acceptors (Lipinski definition) is 4. The lowest BCUT2D eigenvalue weighted by molar-refractivity contribution is 0.300. The molecule has 0 saturated heterocycles. The van der Waals surface area contributed by atoms with Crippen LogP contribution in [-0.4, -0.2) is 23.1 Å². The number of ether oxygens (including phenoxy) is 1. The molecule has 0 spiro atoms. The minimum atomic E-state index is 0.626. The molecule has 16 heavy (non-hydrogen) atoms. The van der Waals surface area contributed by atoms with E-state index < -0.39 is 0 Å². The van der Waals surface area contributed by atoms with E-state index in [2.05, 4.69) is 21.9 Å². The molecular weight excluding hydrogens is 202 g/mol. The maximum Gasteiger partial charge on any atom is 0.226 e. The molecule has 0 radical (unpaired) electrons. The molecule has 0 bridgehead atoms. The standard InChI is InChI=1S/C12H19N3O/c1-4-6-7-8-16-11-9-10(3)14-12(15-11)13-5-2/h4,9H,1,5-8H2,2-3H3,(H,13,14,15). The zero-order chi connectivity index (χ0) is 11.8. The number of rotatable bonds is 7. The number of anilines is 1. The Morgan fingerprint density at radius 2 is 2.31 bits per heavy atom. The number of unbranched alkanes of at least 4 members (excludes halogenated alkanes) is 1. The minimum absolute atomic E-state index is 0.626. The summed E-state index contributed by atoms with van der Waals surface area (Å²) in [6, 6.07) is 1.84. The van der Waals surface area contributed by atoms with E-state index in [1.54, 1.807) is 0 Å². The van der Waals surface area contributed by atoms with E-state index in [9.17, 15) is 0 Å². The molecule has 88 valence electrons. The number of allylic oxidation sites excluding steroid dienone is 1. The van der Waals surface area contributed by atoms with Crippen LogP contribution >= 0.6 is 0 Å². The normalized spacial score (nSPS) is 9.88. The summed E-state index contributed by atoms with van der Waals surface area (Å²) < 4.78 is 5.54. The van der Waals surface area contributed by atoms with Crippen LogP contribution in [0.2, 0.25) is 0 Å². The fourth-order valence-corrected chi connectivity index (χ4v) is 1.26. The molecule has 0 amide bonds. The van der Waals surface area contributed by atoms with E-state index in [0.29, 0.717) is 18.4 Å². The molecule has 4 heteroatoms. The Morgan fingerprint density at radius 3 is 3.00 bits per heavy atom. The van der Waals surface area contributed by atoms with Crippen molar-refractivity contribution in [3.63, 3.8) is 0 Å². The first-order valence-corrected chi connectivity index (χ1v) is 5.59. The third-order valence-electron chi connectivity index (χ3n) is 1.97. The zero-order valence-corrected chi connectivity index (χ0v) is 9.99. The quantitative estimate of drug-likeness (QED) is 0.568. The smallest absolute Gasteiger partial charge is 0.226 e. The molecule has 0 aliphatic heterocycles. The Hall–Kier alpha value is -1.58. The second-order valence-electron chi connectivity index (χ2n) is 3.48. The maximum absolute atomic E-state index is 5.54. The third-order valence-corrected chi connectivity index (χ3v) is 1.97. The number of hydrogen-bond donors (Lipinski definition) is 1. The largest absolute Gasteiger partial charge is 0.478 e. The number of aromatic nitrogens is 2. The van der Waals surface area contributed by atoms with Gasteiger partial charge in [0.15, 0.2) is 0 Å². The van der Waals surface area contributed by atoms with Crippen molar-refractivity contribution in [2.75, 3.05) is 18.5 Å². The second kappa shape index (κ2) is 6.82. The monoisotopic (exact) mass is 221 g/mol. The molecule has 1 rings (SSSR count). The van der Waals surface area contributed by atoms with Gasteiger partial charge in [-0.15, -0.1) is 6.58 Å². The van der Waals surface area contributed by atoms with Crippen molar-refractivity contribution in [1.29, 1.82) is 0 Å². The van der Waals surface area contributed by atoms with Gasteiger partial charge in [-0.1, -0.05) is 6.08 Å². The van der Waals surface area contributed by atoms with Gasteiger partial charge in [-0.2, -0.15) is 4.98 Å². The van der Waals surface area contributed by atoms with Gasteiger partial charge in [0.05, 0.1) is 6.61 Å². The summed E-state index contributed by atoms with van der Waals surface area (Å²) in [6.45, 7) is 9.07. The van der Waals surface area contributed by atoms with Gasteiger partial charge in [0, 0.05) is 18.3 Å². The number of nitrogens with one attached hydrogen (secondary N) is 1. The first-order chi connectivity index (χ1) is 7.76. The van der Waals surface area contributed by atoms with Crippen molar-refractivity contribution >= 4 is 5.95 Å². The lowest BCUT2D eigenvalue weighted by Gasteiger charge is -2.07. The van der Waals surface area contributed by atoms with E-state index in [4.69, 9.17) is 4.74 Å². The summed E-state index contributed by atoms with van der Waals surface area (Å²) in [6.07, 6.45) is 3.81. The van der Waals surface area contributed by atoms with Crippen molar-refractivity contribution in [2.45, 2.75) is 26.7 Å². The molecule has 0 atom stereocenters. The zero-order valence-electron chi connectivity index (χ0n) is 9.99. The Balaban J connectivity index is 2.54. The molecule has 0 saturated carbocycles. The fourth-order valence-electron chi connectivity index (χ4n) is 1.26. The Kier molecular flexibility index (Phi) is 5.32. The first kappa shape index (κ1) is 12.5. The third kappa shape index (κ3) is 4.29. The van der Waals surface area contributed by atoms with E-state index in [0.717, 1.165) is 25.1 Å². The van der Waals surface area contributed by atoms with E-state index in [1.807, 2.05) is 26.0 Å². The van der Waals surface area contributed by atoms with Crippen LogP contribution in [0.4, 0.5) is 5.95 Å². The molecule has 1 heterocycles. The molecule has 0 aliphatic carbocycles. The van der Waals surface area contributed by atoms with E-state index in [-0.39, 0.29) is 0 Å². The average molecular weight is 221 g/mol. The summed E-state index contributed by atoms with van der Waals surface area (Å²) in [5.74, 6) is 1.26. The van der Waals surface area contributed by atoms with Gasteiger partial charge >= 0.3 is 0 Å². The van der Waals surface area contributed by atoms with Crippen LogP contribution < -0.4 is 10.1 Å². The van der Waals surface area contributed by atoms with Crippen molar-refractivity contribution in [3.8, 4) is 5.88 Å². The van der Waals surface area contributed by atoms with Gasteiger partial charge in [-0.3, -0.25) is 0 Å². The lowest BCUT2D eigenvalue weighted by Crippen LogP contribution is -2.06. The summed E-state index contributed by atoms with van der Waals surface area (Å²) in [4.78, 5) is 8.50. The molecular formula is C12H19N3O. The van der Waals surface area contributed by atoms with Crippen LogP contribution in [0, 0.1) is 6.92 Å². The molecule has 1 aromatic rings. The van der Waals surface area contributed by atoms with Gasteiger partial charge in [0.1, 0.15) is 0 Å². The van der Waals surface area contributed by atoms with Gasteiger partial charge in [-0.25, -0.2) is 4.98 Å². The Morgan fingerprint density at radius 1 is 1.50 bits per heavy atom. The van der Waals surface area contributed by atoms with Gasteiger partial charge in [0.2, 0.25) is 11.8 Å². The van der Waals surface area contributed by atoms with Crippen molar-refractivity contribution in [2.24, 2.45) is 0 Å².